The van der Waals surface area contributed by atoms with Gasteiger partial charge in [0.1, 0.15) is 17.4 Å². The van der Waals surface area contributed by atoms with Crippen LogP contribution in [0.1, 0.15) is 16.3 Å². The largest absolute Gasteiger partial charge is 0.493 e. The van der Waals surface area contributed by atoms with Gasteiger partial charge < -0.3 is 19.2 Å². The first kappa shape index (κ1) is 20.8. The highest BCUT2D eigenvalue weighted by atomic mass is 32.1. The molecule has 0 aliphatic rings. The number of hydrogen-bond acceptors (Lipinski definition) is 6. The minimum Gasteiger partial charge on any atom is -0.493 e. The zero-order chi connectivity index (χ0) is 22.6. The van der Waals surface area contributed by atoms with Crippen molar-refractivity contribution in [3.05, 3.63) is 96.4 Å². The number of methoxy groups -OCH3 is 1. The summed E-state index contributed by atoms with van der Waals surface area (Å²) in [5, 5.41) is 3.79. The van der Waals surface area contributed by atoms with Gasteiger partial charge in [-0.3, -0.25) is 4.79 Å². The number of amides is 1. The SMILES string of the molecule is COc1ccccc1OCc1ccc(C(=O)Nc2ccccc2-c2nc3ccccc3s2)o1. The van der Waals surface area contributed by atoms with Gasteiger partial charge in [-0.2, -0.15) is 0 Å². The third-order valence-corrected chi connectivity index (χ3v) is 6.09. The first-order chi connectivity index (χ1) is 16.2. The molecule has 0 aliphatic heterocycles. The summed E-state index contributed by atoms with van der Waals surface area (Å²) in [5.41, 5.74) is 2.47. The molecule has 33 heavy (non-hydrogen) atoms. The number of anilines is 1. The first-order valence-electron chi connectivity index (χ1n) is 10.3. The first-order valence-corrected chi connectivity index (χ1v) is 11.1. The predicted molar refractivity (Wildman–Crippen MR) is 129 cm³/mol. The lowest BCUT2D eigenvalue weighted by Gasteiger charge is -2.09. The standard InChI is InChI=1S/C26H20N2O4S/c1-30-21-11-5-6-12-22(21)31-16-17-14-15-23(32-17)25(29)27-19-9-3-2-8-18(19)26-28-20-10-4-7-13-24(20)33-26/h2-15H,16H2,1H3,(H,27,29). The van der Waals surface area contributed by atoms with Gasteiger partial charge in [0.05, 0.1) is 23.0 Å². The molecule has 0 fully saturated rings. The van der Waals surface area contributed by atoms with Gasteiger partial charge in [-0.05, 0) is 48.5 Å². The lowest BCUT2D eigenvalue weighted by atomic mass is 10.2. The summed E-state index contributed by atoms with van der Waals surface area (Å²) in [6.07, 6.45) is 0. The summed E-state index contributed by atoms with van der Waals surface area (Å²) in [7, 11) is 1.59. The molecular formula is C26H20N2O4S. The van der Waals surface area contributed by atoms with E-state index in [1.165, 1.54) is 0 Å². The van der Waals surface area contributed by atoms with E-state index in [1.54, 1.807) is 30.6 Å². The Morgan fingerprint density at radius 3 is 2.55 bits per heavy atom. The fourth-order valence-corrected chi connectivity index (χ4v) is 4.42. The van der Waals surface area contributed by atoms with Crippen LogP contribution in [0.15, 0.2) is 89.3 Å². The van der Waals surface area contributed by atoms with E-state index in [-0.39, 0.29) is 18.3 Å². The van der Waals surface area contributed by atoms with Crippen molar-refractivity contribution in [3.8, 4) is 22.1 Å². The third-order valence-electron chi connectivity index (χ3n) is 5.02. The van der Waals surface area contributed by atoms with E-state index in [0.717, 1.165) is 20.8 Å². The summed E-state index contributed by atoms with van der Waals surface area (Å²) < 4.78 is 17.9. The topological polar surface area (TPSA) is 73.6 Å². The minimum absolute atomic E-state index is 0.177. The number of nitrogens with one attached hydrogen (secondary N) is 1. The molecule has 1 N–H and O–H groups in total. The van der Waals surface area contributed by atoms with Gasteiger partial charge in [-0.1, -0.05) is 36.4 Å². The normalized spacial score (nSPS) is 10.8. The molecule has 2 aromatic heterocycles. The lowest BCUT2D eigenvalue weighted by molar-refractivity contribution is 0.0992. The van der Waals surface area contributed by atoms with Crippen LogP contribution in [-0.2, 0) is 6.61 Å². The Labute approximate surface area is 194 Å². The zero-order valence-electron chi connectivity index (χ0n) is 17.8. The zero-order valence-corrected chi connectivity index (χ0v) is 18.6. The molecule has 0 bridgehead atoms. The number of hydrogen-bond donors (Lipinski definition) is 1. The van der Waals surface area contributed by atoms with E-state index in [0.29, 0.717) is 22.9 Å². The summed E-state index contributed by atoms with van der Waals surface area (Å²) in [4.78, 5) is 17.6. The molecule has 164 valence electrons. The number of aromatic nitrogens is 1. The summed E-state index contributed by atoms with van der Waals surface area (Å²) in [6, 6.07) is 26.3. The molecule has 7 heteroatoms. The van der Waals surface area contributed by atoms with Crippen molar-refractivity contribution >= 4 is 33.1 Å². The number of fused-ring (bicyclic) bond motifs is 1. The number of ether oxygens (including phenoxy) is 2. The second-order valence-electron chi connectivity index (χ2n) is 7.19. The molecule has 0 saturated carbocycles. The van der Waals surface area contributed by atoms with E-state index < -0.39 is 0 Å². The Kier molecular flexibility index (Phi) is 5.78. The van der Waals surface area contributed by atoms with Gasteiger partial charge in [0.25, 0.3) is 5.91 Å². The van der Waals surface area contributed by atoms with Crippen LogP contribution in [0, 0.1) is 0 Å². The molecule has 6 nitrogen and oxygen atoms in total. The smallest absolute Gasteiger partial charge is 0.291 e. The molecule has 5 aromatic rings. The molecule has 0 radical (unpaired) electrons. The van der Waals surface area contributed by atoms with Crippen LogP contribution in [0.3, 0.4) is 0 Å². The quantitative estimate of drug-likeness (QED) is 0.307. The van der Waals surface area contributed by atoms with Crippen molar-refractivity contribution in [2.24, 2.45) is 0 Å². The van der Waals surface area contributed by atoms with Gasteiger partial charge in [0.2, 0.25) is 0 Å². The summed E-state index contributed by atoms with van der Waals surface area (Å²) in [6.45, 7) is 0.177. The van der Waals surface area contributed by atoms with E-state index in [4.69, 9.17) is 18.9 Å². The van der Waals surface area contributed by atoms with E-state index in [9.17, 15) is 4.79 Å². The maximum Gasteiger partial charge on any atom is 0.291 e. The Hall–Kier alpha value is -4.10. The maximum absolute atomic E-state index is 12.9. The maximum atomic E-state index is 12.9. The van der Waals surface area contributed by atoms with Crippen molar-refractivity contribution in [2.75, 3.05) is 12.4 Å². The highest BCUT2D eigenvalue weighted by molar-refractivity contribution is 7.21. The number of thiazole rings is 1. The molecule has 0 unspecified atom stereocenters. The van der Waals surface area contributed by atoms with Crippen molar-refractivity contribution in [3.63, 3.8) is 0 Å². The van der Waals surface area contributed by atoms with Crippen molar-refractivity contribution < 1.29 is 18.7 Å². The molecule has 5 rings (SSSR count). The lowest BCUT2D eigenvalue weighted by Crippen LogP contribution is -2.11. The van der Waals surface area contributed by atoms with Gasteiger partial charge in [0, 0.05) is 5.56 Å². The average Bonchev–Trinajstić information content (AvgIpc) is 3.50. The Morgan fingerprint density at radius 2 is 1.70 bits per heavy atom. The van der Waals surface area contributed by atoms with E-state index in [2.05, 4.69) is 5.32 Å². The van der Waals surface area contributed by atoms with E-state index in [1.807, 2.05) is 72.8 Å². The second-order valence-corrected chi connectivity index (χ2v) is 8.22. The third kappa shape index (κ3) is 4.44. The number of benzene rings is 3. The van der Waals surface area contributed by atoms with Crippen LogP contribution < -0.4 is 14.8 Å². The fourth-order valence-electron chi connectivity index (χ4n) is 3.41. The van der Waals surface area contributed by atoms with Crippen LogP contribution in [0.4, 0.5) is 5.69 Å². The second kappa shape index (κ2) is 9.18. The van der Waals surface area contributed by atoms with Gasteiger partial charge in [-0.25, -0.2) is 4.98 Å². The van der Waals surface area contributed by atoms with Crippen LogP contribution >= 0.6 is 11.3 Å². The fraction of sp³-hybridized carbons (Fsp3) is 0.0769. The molecule has 3 aromatic carbocycles. The Morgan fingerprint density at radius 1 is 0.939 bits per heavy atom. The predicted octanol–water partition coefficient (Wildman–Crippen LogP) is 6.40. The molecule has 1 amide bonds. The number of nitrogens with zero attached hydrogens (tertiary/aromatic N) is 1. The molecular weight excluding hydrogens is 436 g/mol. The number of para-hydroxylation sites is 4. The Balaban J connectivity index is 1.31. The summed E-state index contributed by atoms with van der Waals surface area (Å²) in [5.74, 6) is 1.63. The molecule has 0 atom stereocenters. The number of carbonyl (C=O) groups excluding carboxylic acids is 1. The number of rotatable bonds is 7. The molecule has 0 saturated heterocycles. The number of furan rings is 1. The van der Waals surface area contributed by atoms with Crippen molar-refractivity contribution in [1.82, 2.24) is 4.98 Å². The van der Waals surface area contributed by atoms with Gasteiger partial charge in [0.15, 0.2) is 17.3 Å². The van der Waals surface area contributed by atoms with Crippen molar-refractivity contribution in [1.29, 1.82) is 0 Å². The molecule has 2 heterocycles. The summed E-state index contributed by atoms with van der Waals surface area (Å²) >= 11 is 1.59. The highest BCUT2D eigenvalue weighted by Crippen LogP contribution is 2.34. The Bertz CT molecular complexity index is 1390. The monoisotopic (exact) mass is 456 g/mol. The van der Waals surface area contributed by atoms with Crippen molar-refractivity contribution in [2.45, 2.75) is 6.61 Å². The van der Waals surface area contributed by atoms with Gasteiger partial charge >= 0.3 is 0 Å². The molecule has 0 spiro atoms. The average molecular weight is 457 g/mol. The van der Waals surface area contributed by atoms with Crippen LogP contribution in [0.25, 0.3) is 20.8 Å². The minimum atomic E-state index is -0.341. The highest BCUT2D eigenvalue weighted by Gasteiger charge is 2.16. The van der Waals surface area contributed by atoms with Crippen LogP contribution in [0.5, 0.6) is 11.5 Å². The van der Waals surface area contributed by atoms with Crippen LogP contribution in [-0.4, -0.2) is 18.0 Å². The van der Waals surface area contributed by atoms with Crippen LogP contribution in [0.2, 0.25) is 0 Å². The number of carbonyl (C=O) groups is 1. The van der Waals surface area contributed by atoms with E-state index >= 15 is 0 Å². The van der Waals surface area contributed by atoms with Gasteiger partial charge in [-0.15, -0.1) is 11.3 Å². The molecule has 0 aliphatic carbocycles.